The molecule has 1 N–H and O–H groups in total. The van der Waals surface area contributed by atoms with Crippen LogP contribution in [0.25, 0.3) is 0 Å². The fourth-order valence-corrected chi connectivity index (χ4v) is 2.07. The molecular weight excluding hydrogens is 294 g/mol. The number of nitrogens with one attached hydrogen (secondary N) is 1. The smallest absolute Gasteiger partial charge is 0.239 e. The van der Waals surface area contributed by atoms with E-state index in [1.165, 1.54) is 0 Å². The highest BCUT2D eigenvalue weighted by atomic mass is 79.9. The number of likely N-dealkylation sites (N-methyl/N-ethyl adjacent to an activating group) is 1. The summed E-state index contributed by atoms with van der Waals surface area (Å²) in [5.74, 6) is -0.0241. The second-order valence-corrected chi connectivity index (χ2v) is 4.73. The van der Waals surface area contributed by atoms with Crippen LogP contribution < -0.4 is 10.2 Å². The molecule has 0 aromatic heterocycles. The standard InChI is InChI=1S/C13H16BrN3O/c1-3-6-17(9-13(18)16-2)11-5-4-10(8-15)12(14)7-11/h4-5,7H,3,6,9H2,1-2H3,(H,16,18). The van der Waals surface area contributed by atoms with E-state index in [9.17, 15) is 4.79 Å². The molecule has 1 rings (SSSR count). The molecule has 4 nitrogen and oxygen atoms in total. The monoisotopic (exact) mass is 309 g/mol. The maximum atomic E-state index is 11.5. The van der Waals surface area contributed by atoms with Gasteiger partial charge in [-0.05, 0) is 40.5 Å². The lowest BCUT2D eigenvalue weighted by Crippen LogP contribution is -2.36. The average Bonchev–Trinajstić information content (AvgIpc) is 2.38. The molecule has 0 aliphatic carbocycles. The molecule has 0 radical (unpaired) electrons. The molecule has 0 saturated carbocycles. The molecule has 96 valence electrons. The van der Waals surface area contributed by atoms with Gasteiger partial charge in [-0.1, -0.05) is 6.92 Å². The summed E-state index contributed by atoms with van der Waals surface area (Å²) in [7, 11) is 1.63. The quantitative estimate of drug-likeness (QED) is 0.908. The highest BCUT2D eigenvalue weighted by Gasteiger charge is 2.11. The van der Waals surface area contributed by atoms with Crippen LogP contribution in [0.5, 0.6) is 0 Å². The van der Waals surface area contributed by atoms with E-state index < -0.39 is 0 Å². The molecule has 5 heteroatoms. The van der Waals surface area contributed by atoms with Crippen molar-refractivity contribution in [3.63, 3.8) is 0 Å². The normalized spacial score (nSPS) is 9.67. The molecule has 0 unspecified atom stereocenters. The third kappa shape index (κ3) is 3.74. The second-order valence-electron chi connectivity index (χ2n) is 3.87. The van der Waals surface area contributed by atoms with Crippen molar-refractivity contribution in [2.45, 2.75) is 13.3 Å². The van der Waals surface area contributed by atoms with Gasteiger partial charge in [0.05, 0.1) is 12.1 Å². The van der Waals surface area contributed by atoms with Gasteiger partial charge in [0.25, 0.3) is 0 Å². The summed E-state index contributed by atoms with van der Waals surface area (Å²) in [5.41, 5.74) is 1.53. The number of halogens is 1. The van der Waals surface area contributed by atoms with Gasteiger partial charge >= 0.3 is 0 Å². The van der Waals surface area contributed by atoms with Crippen LogP contribution in [0.1, 0.15) is 18.9 Å². The Hall–Kier alpha value is -1.54. The molecule has 0 fully saturated rings. The van der Waals surface area contributed by atoms with E-state index in [-0.39, 0.29) is 5.91 Å². The summed E-state index contributed by atoms with van der Waals surface area (Å²) in [6.45, 7) is 3.18. The van der Waals surface area contributed by atoms with Crippen molar-refractivity contribution in [1.82, 2.24) is 5.32 Å². The summed E-state index contributed by atoms with van der Waals surface area (Å²) >= 11 is 3.36. The second kappa shape index (κ2) is 7.02. The summed E-state index contributed by atoms with van der Waals surface area (Å²) in [6.07, 6.45) is 0.953. The molecule has 1 aromatic rings. The summed E-state index contributed by atoms with van der Waals surface area (Å²) in [5, 5.41) is 11.5. The number of hydrogen-bond acceptors (Lipinski definition) is 3. The minimum absolute atomic E-state index is 0.0241. The number of benzene rings is 1. The summed E-state index contributed by atoms with van der Waals surface area (Å²) in [6, 6.07) is 7.59. The molecule has 0 atom stereocenters. The first-order valence-electron chi connectivity index (χ1n) is 5.77. The Morgan fingerprint density at radius 2 is 2.28 bits per heavy atom. The average molecular weight is 310 g/mol. The molecule has 18 heavy (non-hydrogen) atoms. The Morgan fingerprint density at radius 1 is 1.56 bits per heavy atom. The Labute approximate surface area is 116 Å². The van der Waals surface area contributed by atoms with Gasteiger partial charge in [-0.15, -0.1) is 0 Å². The minimum Gasteiger partial charge on any atom is -0.362 e. The zero-order chi connectivity index (χ0) is 13.5. The van der Waals surface area contributed by atoms with Gasteiger partial charge in [-0.3, -0.25) is 4.79 Å². The maximum absolute atomic E-state index is 11.5. The van der Waals surface area contributed by atoms with Crippen molar-refractivity contribution in [3.8, 4) is 6.07 Å². The Balaban J connectivity index is 2.95. The van der Waals surface area contributed by atoms with Crippen LogP contribution in [0.3, 0.4) is 0 Å². The molecule has 1 aromatic carbocycles. The first kappa shape index (κ1) is 14.5. The van der Waals surface area contributed by atoms with Crippen molar-refractivity contribution < 1.29 is 4.79 Å². The number of rotatable bonds is 5. The molecule has 0 aliphatic heterocycles. The van der Waals surface area contributed by atoms with Crippen LogP contribution in [-0.4, -0.2) is 26.0 Å². The van der Waals surface area contributed by atoms with Crippen LogP contribution in [0, 0.1) is 11.3 Å². The third-order valence-electron chi connectivity index (χ3n) is 2.55. The first-order valence-corrected chi connectivity index (χ1v) is 6.56. The number of hydrogen-bond donors (Lipinski definition) is 1. The molecule has 0 aliphatic rings. The first-order chi connectivity index (χ1) is 8.62. The Kier molecular flexibility index (Phi) is 5.66. The van der Waals surface area contributed by atoms with Crippen molar-refractivity contribution >= 4 is 27.5 Å². The van der Waals surface area contributed by atoms with Gasteiger partial charge < -0.3 is 10.2 Å². The largest absolute Gasteiger partial charge is 0.362 e. The fraction of sp³-hybridized carbons (Fsp3) is 0.385. The van der Waals surface area contributed by atoms with E-state index in [1.807, 2.05) is 17.0 Å². The molecule has 0 spiro atoms. The van der Waals surface area contributed by atoms with E-state index in [4.69, 9.17) is 5.26 Å². The Morgan fingerprint density at radius 3 is 2.78 bits per heavy atom. The molecule has 0 saturated heterocycles. The van der Waals surface area contributed by atoms with Crippen LogP contribution in [0.2, 0.25) is 0 Å². The van der Waals surface area contributed by atoms with Crippen LogP contribution in [-0.2, 0) is 4.79 Å². The topological polar surface area (TPSA) is 56.1 Å². The van der Waals surface area contributed by atoms with Gasteiger partial charge in [0.2, 0.25) is 5.91 Å². The number of carbonyl (C=O) groups is 1. The zero-order valence-corrected chi connectivity index (χ0v) is 12.1. The van der Waals surface area contributed by atoms with Gasteiger partial charge in [-0.2, -0.15) is 5.26 Å². The van der Waals surface area contributed by atoms with Crippen LogP contribution in [0.4, 0.5) is 5.69 Å². The van der Waals surface area contributed by atoms with Gasteiger partial charge in [0.1, 0.15) is 6.07 Å². The number of carbonyl (C=O) groups excluding carboxylic acids is 1. The van der Waals surface area contributed by atoms with Crippen LogP contribution >= 0.6 is 15.9 Å². The zero-order valence-electron chi connectivity index (χ0n) is 10.5. The minimum atomic E-state index is -0.0241. The van der Waals surface area contributed by atoms with E-state index in [1.54, 1.807) is 13.1 Å². The number of nitrogens with zero attached hydrogens (tertiary/aromatic N) is 2. The fourth-order valence-electron chi connectivity index (χ4n) is 1.61. The van der Waals surface area contributed by atoms with E-state index in [2.05, 4.69) is 34.2 Å². The lowest BCUT2D eigenvalue weighted by molar-refractivity contribution is -0.119. The predicted molar refractivity (Wildman–Crippen MR) is 75.4 cm³/mol. The Bertz CT molecular complexity index is 468. The highest BCUT2D eigenvalue weighted by molar-refractivity contribution is 9.10. The molecule has 0 bridgehead atoms. The lowest BCUT2D eigenvalue weighted by Gasteiger charge is -2.23. The van der Waals surface area contributed by atoms with Gasteiger partial charge in [-0.25, -0.2) is 0 Å². The van der Waals surface area contributed by atoms with Gasteiger partial charge in [0, 0.05) is 23.8 Å². The van der Waals surface area contributed by atoms with E-state index in [0.29, 0.717) is 12.1 Å². The maximum Gasteiger partial charge on any atom is 0.239 e. The molecular formula is C13H16BrN3O. The number of nitriles is 1. The number of amides is 1. The SMILES string of the molecule is CCCN(CC(=O)NC)c1ccc(C#N)c(Br)c1. The summed E-state index contributed by atoms with van der Waals surface area (Å²) in [4.78, 5) is 13.5. The number of anilines is 1. The van der Waals surface area contributed by atoms with Crippen molar-refractivity contribution in [2.75, 3.05) is 25.0 Å². The highest BCUT2D eigenvalue weighted by Crippen LogP contribution is 2.23. The summed E-state index contributed by atoms with van der Waals surface area (Å²) < 4.78 is 0.750. The van der Waals surface area contributed by atoms with Gasteiger partial charge in [0.15, 0.2) is 0 Å². The molecule has 0 heterocycles. The third-order valence-corrected chi connectivity index (χ3v) is 3.20. The van der Waals surface area contributed by atoms with E-state index in [0.717, 1.165) is 23.1 Å². The van der Waals surface area contributed by atoms with Crippen molar-refractivity contribution in [3.05, 3.63) is 28.2 Å². The van der Waals surface area contributed by atoms with Crippen molar-refractivity contribution in [2.24, 2.45) is 0 Å². The van der Waals surface area contributed by atoms with E-state index >= 15 is 0 Å². The van der Waals surface area contributed by atoms with Crippen LogP contribution in [0.15, 0.2) is 22.7 Å². The molecule has 1 amide bonds. The predicted octanol–water partition coefficient (Wildman–Crippen LogP) is 2.28. The van der Waals surface area contributed by atoms with Crippen molar-refractivity contribution in [1.29, 1.82) is 5.26 Å². The lowest BCUT2D eigenvalue weighted by atomic mass is 10.2.